The summed E-state index contributed by atoms with van der Waals surface area (Å²) in [5.41, 5.74) is 0. The number of likely N-dealkylation sites (tertiary alicyclic amines) is 1. The number of hydrogen-bond donors (Lipinski definition) is 4. The first-order valence-corrected chi connectivity index (χ1v) is 14.4. The van der Waals surface area contributed by atoms with Gasteiger partial charge in [-0.3, -0.25) is 19.2 Å². The molecule has 0 spiro atoms. The number of fused-ring (bicyclic) bond motifs is 1. The van der Waals surface area contributed by atoms with E-state index in [1.807, 2.05) is 6.07 Å². The molecule has 0 aromatic carbocycles. The summed E-state index contributed by atoms with van der Waals surface area (Å²) < 4.78 is 53.1. The molecule has 2 heterocycles. The van der Waals surface area contributed by atoms with Gasteiger partial charge in [-0.05, 0) is 19.8 Å². The average Bonchev–Trinajstić information content (AvgIpc) is 3.28. The highest BCUT2D eigenvalue weighted by atomic mass is 35.5. The standard InChI is InChI=1S/C25H32Cl2F3N5O9/c1-12(44-16(37)11-43-7-6-42-5-4-36)18(34-23(41)25(28,29)30)22(40)35-10-15-17(24(15,26)27)19(35)21(39)33-14(9-31)8-13-2-3-32-20(13)38/h12-15,17-19,36H,2-8,10-11H2,1H3,(H,32,38)(H,33,39)(H,34,41)/t12-,13+,14+,15+,17+,18+,19+/m1/s1. The van der Waals surface area contributed by atoms with Crippen LogP contribution >= 0.6 is 23.2 Å². The summed E-state index contributed by atoms with van der Waals surface area (Å²) in [6.45, 7) is 0.266. The van der Waals surface area contributed by atoms with Crippen molar-refractivity contribution >= 4 is 52.8 Å². The zero-order chi connectivity index (χ0) is 32.8. The molecule has 0 bridgehead atoms. The quantitative estimate of drug-likeness (QED) is 0.0966. The predicted octanol–water partition coefficient (Wildman–Crippen LogP) is -0.844. The summed E-state index contributed by atoms with van der Waals surface area (Å²) in [5, 5.41) is 24.9. The first-order chi connectivity index (χ1) is 20.6. The van der Waals surface area contributed by atoms with Crippen molar-refractivity contribution in [1.29, 1.82) is 5.26 Å². The van der Waals surface area contributed by atoms with Gasteiger partial charge in [0.2, 0.25) is 17.7 Å². The molecule has 4 amide bonds. The first kappa shape index (κ1) is 35.6. The van der Waals surface area contributed by atoms with Crippen LogP contribution in [-0.4, -0.2) is 120 Å². The van der Waals surface area contributed by atoms with Crippen molar-refractivity contribution in [2.75, 3.05) is 46.1 Å². The molecule has 2 aliphatic heterocycles. The molecule has 4 N–H and O–H groups in total. The number of alkyl halides is 5. The SMILES string of the molecule is C[C@@H](OC(=O)COCCOCCO)[C@H](NC(=O)C(F)(F)F)C(=O)N1C[C@H]2[C@@H]([C@H]1C(=O)N[C@H](C#N)C[C@@H]1CCNC1=O)C2(Cl)Cl. The first-order valence-electron chi connectivity index (χ1n) is 13.6. The van der Waals surface area contributed by atoms with Crippen LogP contribution in [0.15, 0.2) is 0 Å². The number of carbonyl (C=O) groups is 5. The molecule has 3 rings (SSSR count). The summed E-state index contributed by atoms with van der Waals surface area (Å²) >= 11 is 12.6. The van der Waals surface area contributed by atoms with E-state index in [4.69, 9.17) is 42.5 Å². The third-order valence-corrected chi connectivity index (χ3v) is 8.53. The molecule has 0 radical (unpaired) electrons. The van der Waals surface area contributed by atoms with E-state index in [2.05, 4.69) is 10.6 Å². The second kappa shape index (κ2) is 14.9. The number of amides is 4. The van der Waals surface area contributed by atoms with E-state index in [9.17, 15) is 42.4 Å². The number of nitriles is 1. The number of rotatable bonds is 15. The van der Waals surface area contributed by atoms with E-state index in [0.717, 1.165) is 11.8 Å². The third kappa shape index (κ3) is 8.62. The third-order valence-electron chi connectivity index (χ3n) is 7.46. The van der Waals surface area contributed by atoms with Crippen molar-refractivity contribution in [1.82, 2.24) is 20.9 Å². The Labute approximate surface area is 259 Å². The molecule has 2 saturated heterocycles. The monoisotopic (exact) mass is 673 g/mol. The number of nitrogens with zero attached hydrogens (tertiary/aromatic N) is 2. The van der Waals surface area contributed by atoms with Crippen molar-refractivity contribution in [3.8, 4) is 6.07 Å². The molecular formula is C25H32Cl2F3N5O9. The van der Waals surface area contributed by atoms with E-state index in [1.54, 1.807) is 0 Å². The van der Waals surface area contributed by atoms with Gasteiger partial charge in [-0.2, -0.15) is 18.4 Å². The van der Waals surface area contributed by atoms with Crippen LogP contribution in [0.4, 0.5) is 13.2 Å². The number of aliphatic hydroxyl groups is 1. The minimum absolute atomic E-state index is 0.0238. The summed E-state index contributed by atoms with van der Waals surface area (Å²) in [5.74, 6) is -8.00. The molecule has 246 valence electrons. The normalized spacial score (nSPS) is 25.6. The number of carbonyl (C=O) groups excluding carboxylic acids is 5. The summed E-state index contributed by atoms with van der Waals surface area (Å²) in [7, 11) is 0. The number of ether oxygens (including phenoxy) is 3. The highest BCUT2D eigenvalue weighted by Crippen LogP contribution is 2.65. The Bertz CT molecular complexity index is 1160. The highest BCUT2D eigenvalue weighted by Gasteiger charge is 2.74. The Morgan fingerprint density at radius 2 is 1.89 bits per heavy atom. The molecule has 0 unspecified atom stereocenters. The second-order valence-corrected chi connectivity index (χ2v) is 11.9. The molecule has 3 aliphatic rings. The number of hydrogen-bond acceptors (Lipinski definition) is 10. The number of esters is 1. The Morgan fingerprint density at radius 3 is 2.48 bits per heavy atom. The molecule has 0 aromatic rings. The van der Waals surface area contributed by atoms with Gasteiger partial charge in [0.05, 0.1) is 32.5 Å². The fraction of sp³-hybridized carbons (Fsp3) is 0.760. The molecule has 14 nitrogen and oxygen atoms in total. The average molecular weight is 674 g/mol. The highest BCUT2D eigenvalue weighted by molar-refractivity contribution is 6.51. The van der Waals surface area contributed by atoms with Crippen LogP contribution in [0.5, 0.6) is 0 Å². The lowest BCUT2D eigenvalue weighted by Gasteiger charge is -2.34. The molecule has 44 heavy (non-hydrogen) atoms. The van der Waals surface area contributed by atoms with Crippen molar-refractivity contribution in [3.05, 3.63) is 0 Å². The van der Waals surface area contributed by atoms with Crippen LogP contribution in [0, 0.1) is 29.1 Å². The van der Waals surface area contributed by atoms with E-state index < -0.39 is 82.8 Å². The van der Waals surface area contributed by atoms with Gasteiger partial charge in [0.1, 0.15) is 35.2 Å². The number of aliphatic hydroxyl groups excluding tert-OH is 1. The maximum absolute atomic E-state index is 13.7. The number of halogens is 5. The van der Waals surface area contributed by atoms with Gasteiger partial charge in [0, 0.05) is 30.8 Å². The summed E-state index contributed by atoms with van der Waals surface area (Å²) in [6.07, 6.45) is -6.65. The molecule has 1 aliphatic carbocycles. The second-order valence-electron chi connectivity index (χ2n) is 10.5. The van der Waals surface area contributed by atoms with Crippen LogP contribution in [0.2, 0.25) is 0 Å². The molecular weight excluding hydrogens is 642 g/mol. The van der Waals surface area contributed by atoms with E-state index in [1.165, 1.54) is 5.32 Å². The van der Waals surface area contributed by atoms with Gasteiger partial charge in [0.25, 0.3) is 0 Å². The van der Waals surface area contributed by atoms with Crippen molar-refractivity contribution in [3.63, 3.8) is 0 Å². The van der Waals surface area contributed by atoms with Crippen LogP contribution in [-0.2, 0) is 38.2 Å². The van der Waals surface area contributed by atoms with Crippen LogP contribution in [0.1, 0.15) is 19.8 Å². The molecule has 7 atom stereocenters. The molecule has 3 fully saturated rings. The summed E-state index contributed by atoms with van der Waals surface area (Å²) in [6, 6.07) is -2.82. The van der Waals surface area contributed by atoms with E-state index in [0.29, 0.717) is 13.0 Å². The topological polar surface area (TPSA) is 196 Å². The Kier molecular flexibility index (Phi) is 12.1. The Balaban J connectivity index is 1.74. The van der Waals surface area contributed by atoms with Crippen LogP contribution in [0.25, 0.3) is 0 Å². The smallest absolute Gasteiger partial charge is 0.458 e. The van der Waals surface area contributed by atoms with Gasteiger partial charge >= 0.3 is 18.1 Å². The minimum atomic E-state index is -5.40. The summed E-state index contributed by atoms with van der Waals surface area (Å²) in [4.78, 5) is 64.0. The van der Waals surface area contributed by atoms with Gasteiger partial charge in [-0.15, -0.1) is 23.2 Å². The maximum atomic E-state index is 13.7. The lowest BCUT2D eigenvalue weighted by molar-refractivity contribution is -0.177. The van der Waals surface area contributed by atoms with Gasteiger partial charge < -0.3 is 40.2 Å². The molecule has 1 saturated carbocycles. The van der Waals surface area contributed by atoms with E-state index >= 15 is 0 Å². The minimum Gasteiger partial charge on any atom is -0.458 e. The van der Waals surface area contributed by atoms with Crippen molar-refractivity contribution in [2.24, 2.45) is 17.8 Å². The largest absolute Gasteiger partial charge is 0.471 e. The Morgan fingerprint density at radius 1 is 1.20 bits per heavy atom. The number of nitrogens with one attached hydrogen (secondary N) is 3. The van der Waals surface area contributed by atoms with Crippen LogP contribution < -0.4 is 16.0 Å². The molecule has 0 aromatic heterocycles. The van der Waals surface area contributed by atoms with E-state index in [-0.39, 0.29) is 45.3 Å². The van der Waals surface area contributed by atoms with Crippen molar-refractivity contribution in [2.45, 2.75) is 54.5 Å². The van der Waals surface area contributed by atoms with Gasteiger partial charge in [-0.1, -0.05) is 0 Å². The zero-order valence-corrected chi connectivity index (χ0v) is 24.9. The van der Waals surface area contributed by atoms with Gasteiger partial charge in [0.15, 0.2) is 0 Å². The zero-order valence-electron chi connectivity index (χ0n) is 23.4. The number of piperidine rings is 1. The van der Waals surface area contributed by atoms with Gasteiger partial charge in [-0.25, -0.2) is 4.79 Å². The Hall–Kier alpha value is -2.91. The lowest BCUT2D eigenvalue weighted by atomic mass is 9.98. The fourth-order valence-electron chi connectivity index (χ4n) is 5.22. The van der Waals surface area contributed by atoms with Crippen molar-refractivity contribution < 1.29 is 56.5 Å². The maximum Gasteiger partial charge on any atom is 0.471 e. The molecule has 19 heteroatoms. The predicted molar refractivity (Wildman–Crippen MR) is 142 cm³/mol. The lowest BCUT2D eigenvalue weighted by Crippen LogP contribution is -2.61. The van der Waals surface area contributed by atoms with Crippen LogP contribution in [0.3, 0.4) is 0 Å². The fourth-order valence-corrected chi connectivity index (χ4v) is 6.05.